The van der Waals surface area contributed by atoms with Gasteiger partial charge in [0.25, 0.3) is 5.95 Å². The fraction of sp³-hybridized carbons (Fsp3) is 0.400. The van der Waals surface area contributed by atoms with E-state index in [0.717, 1.165) is 24.1 Å². The van der Waals surface area contributed by atoms with Gasteiger partial charge in [-0.2, -0.15) is 9.78 Å². The molecule has 1 aromatic carbocycles. The third kappa shape index (κ3) is 3.96. The fourth-order valence-electron chi connectivity index (χ4n) is 7.77. The van der Waals surface area contributed by atoms with Crippen LogP contribution >= 0.6 is 0 Å². The molecule has 1 aliphatic heterocycles. The highest BCUT2D eigenvalue weighted by atomic mass is 32.2. The summed E-state index contributed by atoms with van der Waals surface area (Å²) in [5.74, 6) is 2.39. The molecule has 3 aromatic heterocycles. The average molecular weight is 606 g/mol. The highest BCUT2D eigenvalue weighted by Crippen LogP contribution is 2.69. The molecule has 7 rings (SSSR count). The number of aliphatic carboxylic acids is 1. The number of fused-ring (bicyclic) bond motifs is 5. The van der Waals surface area contributed by atoms with Gasteiger partial charge in [-0.25, -0.2) is 23.7 Å². The topological polar surface area (TPSA) is 137 Å². The number of rotatable bonds is 6. The molecule has 2 unspecified atom stereocenters. The predicted molar refractivity (Wildman–Crippen MR) is 154 cm³/mol. The van der Waals surface area contributed by atoms with Crippen molar-refractivity contribution in [2.24, 2.45) is 5.41 Å². The standard InChI is InChI=1S/C30H29F2N7O3S/c1-28(2)18-7-9-30(28,25-17(18)13-21(36-37-25)24-19(31)5-4-6-20(24)32)22-8-11-33-27(35-22)39-16-34-26(38-39)29(14-23(40)41)10-12-43(3,42)15-29/h4-6,8,11,13,16,18H,3,7,9-10,12,14-15H2,1-2H3,(H,40,41)/t18-,29?,30-,43?/m0/s1. The highest BCUT2D eigenvalue weighted by Gasteiger charge is 2.65. The Balaban J connectivity index is 1.30. The van der Waals surface area contributed by atoms with E-state index in [2.05, 4.69) is 45.0 Å². The lowest BCUT2D eigenvalue weighted by Gasteiger charge is -2.37. The van der Waals surface area contributed by atoms with E-state index in [4.69, 9.17) is 4.98 Å². The van der Waals surface area contributed by atoms with Crippen molar-refractivity contribution in [2.75, 3.05) is 11.5 Å². The minimum absolute atomic E-state index is 0.0683. The van der Waals surface area contributed by atoms with Crippen LogP contribution in [0.1, 0.15) is 68.2 Å². The number of carboxylic acid groups (broad SMARTS) is 1. The molecule has 4 heterocycles. The highest BCUT2D eigenvalue weighted by molar-refractivity contribution is 8.00. The predicted octanol–water partition coefficient (Wildman–Crippen LogP) is 3.83. The van der Waals surface area contributed by atoms with E-state index in [9.17, 15) is 22.9 Å². The minimum Gasteiger partial charge on any atom is -0.481 e. The lowest BCUT2D eigenvalue weighted by molar-refractivity contribution is -0.138. The van der Waals surface area contributed by atoms with E-state index in [0.29, 0.717) is 17.9 Å². The Bertz CT molecular complexity index is 1910. The summed E-state index contributed by atoms with van der Waals surface area (Å²) in [4.78, 5) is 25.5. The molecule has 0 spiro atoms. The first-order chi connectivity index (χ1) is 20.4. The number of hydrogen-bond donors (Lipinski definition) is 1. The van der Waals surface area contributed by atoms with Crippen LogP contribution in [0.4, 0.5) is 8.78 Å². The molecule has 1 saturated carbocycles. The normalized spacial score (nSPS) is 28.7. The Labute approximate surface area is 246 Å². The Morgan fingerprint density at radius 3 is 2.63 bits per heavy atom. The van der Waals surface area contributed by atoms with Gasteiger partial charge in [-0.1, -0.05) is 19.9 Å². The number of halogens is 2. The van der Waals surface area contributed by atoms with Crippen molar-refractivity contribution in [2.45, 2.75) is 56.3 Å². The minimum atomic E-state index is -2.43. The van der Waals surface area contributed by atoms with Crippen molar-refractivity contribution >= 4 is 21.4 Å². The first-order valence-corrected chi connectivity index (χ1v) is 16.1. The van der Waals surface area contributed by atoms with E-state index in [1.54, 1.807) is 12.3 Å². The van der Waals surface area contributed by atoms with Gasteiger partial charge in [0, 0.05) is 17.7 Å². The lowest BCUT2D eigenvalue weighted by atomic mass is 9.66. The zero-order chi connectivity index (χ0) is 30.4. The van der Waals surface area contributed by atoms with Gasteiger partial charge in [-0.15, -0.1) is 10.2 Å². The van der Waals surface area contributed by atoms with Crippen LogP contribution in [0.5, 0.6) is 0 Å². The summed E-state index contributed by atoms with van der Waals surface area (Å²) in [7, 11) is -2.43. The van der Waals surface area contributed by atoms with E-state index < -0.39 is 38.0 Å². The van der Waals surface area contributed by atoms with E-state index in [1.807, 2.05) is 6.07 Å². The van der Waals surface area contributed by atoms with E-state index in [-0.39, 0.29) is 46.5 Å². The van der Waals surface area contributed by atoms with Crippen LogP contribution in [0.3, 0.4) is 0 Å². The van der Waals surface area contributed by atoms with Crippen LogP contribution in [0.15, 0.2) is 42.9 Å². The van der Waals surface area contributed by atoms with Crippen molar-refractivity contribution in [3.8, 4) is 17.2 Å². The average Bonchev–Trinajstić information content (AvgIpc) is 3.67. The summed E-state index contributed by atoms with van der Waals surface area (Å²) in [6.07, 6.45) is 4.77. The van der Waals surface area contributed by atoms with E-state index >= 15 is 0 Å². The smallest absolute Gasteiger partial charge is 0.304 e. The monoisotopic (exact) mass is 605 g/mol. The zero-order valence-corrected chi connectivity index (χ0v) is 24.4. The molecule has 10 nitrogen and oxygen atoms in total. The van der Waals surface area contributed by atoms with Gasteiger partial charge in [-0.05, 0) is 75.8 Å². The van der Waals surface area contributed by atoms with Gasteiger partial charge >= 0.3 is 5.97 Å². The molecule has 0 amide bonds. The molecule has 222 valence electrons. The second-order valence-corrected chi connectivity index (χ2v) is 15.1. The quantitative estimate of drug-likeness (QED) is 0.325. The molecular weight excluding hydrogens is 576 g/mol. The molecule has 4 atom stereocenters. The molecule has 2 bridgehead atoms. The molecular formula is C30H29F2N7O3S. The maximum absolute atomic E-state index is 14.6. The summed E-state index contributed by atoms with van der Waals surface area (Å²) in [6.45, 7) is 4.30. The van der Waals surface area contributed by atoms with Crippen LogP contribution in [-0.4, -0.2) is 67.6 Å². The van der Waals surface area contributed by atoms with Crippen molar-refractivity contribution in [1.29, 1.82) is 0 Å². The summed E-state index contributed by atoms with van der Waals surface area (Å²) >= 11 is 0. The van der Waals surface area contributed by atoms with Crippen LogP contribution in [-0.2, 0) is 25.1 Å². The number of carboxylic acids is 1. The molecule has 13 heteroatoms. The Hall–Kier alpha value is -4.13. The SMILES string of the molecule is C=S1(=O)CCC(CC(=O)O)(c2ncn(-c3nccc([C@@]45CC[C@@H](c6cc(-c7c(F)cccc7F)nnc64)C5(C)C)n3)n2)C1. The van der Waals surface area contributed by atoms with Crippen molar-refractivity contribution < 1.29 is 22.9 Å². The molecule has 3 aliphatic rings. The Kier molecular flexibility index (Phi) is 5.91. The largest absolute Gasteiger partial charge is 0.481 e. The van der Waals surface area contributed by atoms with Gasteiger partial charge in [-0.3, -0.25) is 9.00 Å². The summed E-state index contributed by atoms with van der Waals surface area (Å²) in [5.41, 5.74) is 0.332. The second-order valence-electron chi connectivity index (χ2n) is 12.5. The lowest BCUT2D eigenvalue weighted by Crippen LogP contribution is -2.38. The van der Waals surface area contributed by atoms with Crippen LogP contribution < -0.4 is 0 Å². The first-order valence-electron chi connectivity index (χ1n) is 14.0. The van der Waals surface area contributed by atoms with Crippen LogP contribution in [0, 0.1) is 17.0 Å². The third-order valence-electron chi connectivity index (χ3n) is 9.83. The Morgan fingerprint density at radius 1 is 1.16 bits per heavy atom. The zero-order valence-electron chi connectivity index (χ0n) is 23.6. The van der Waals surface area contributed by atoms with Gasteiger partial charge < -0.3 is 5.11 Å². The Morgan fingerprint density at radius 2 is 1.93 bits per heavy atom. The number of aromatic nitrogens is 7. The van der Waals surface area contributed by atoms with Crippen LogP contribution in [0.2, 0.25) is 0 Å². The molecule has 0 radical (unpaired) electrons. The van der Waals surface area contributed by atoms with E-state index in [1.165, 1.54) is 29.2 Å². The maximum atomic E-state index is 14.6. The van der Waals surface area contributed by atoms with Crippen molar-refractivity contribution in [1.82, 2.24) is 34.9 Å². The number of carbonyl (C=O) groups is 1. The molecule has 4 aromatic rings. The van der Waals surface area contributed by atoms with Crippen LogP contribution in [0.25, 0.3) is 17.2 Å². The molecule has 43 heavy (non-hydrogen) atoms. The van der Waals surface area contributed by atoms with Crippen molar-refractivity contribution in [3.63, 3.8) is 0 Å². The second kappa shape index (κ2) is 9.18. The maximum Gasteiger partial charge on any atom is 0.304 e. The molecule has 2 aliphatic carbocycles. The molecule has 2 fully saturated rings. The summed E-state index contributed by atoms with van der Waals surface area (Å²) in [6, 6.07) is 7.33. The van der Waals surface area contributed by atoms with Gasteiger partial charge in [0.1, 0.15) is 18.0 Å². The van der Waals surface area contributed by atoms with Gasteiger partial charge in [0.15, 0.2) is 5.82 Å². The third-order valence-corrected chi connectivity index (χ3v) is 11.9. The molecule has 1 saturated heterocycles. The van der Waals surface area contributed by atoms with Gasteiger partial charge in [0.05, 0.1) is 39.9 Å². The first kappa shape index (κ1) is 27.7. The van der Waals surface area contributed by atoms with Gasteiger partial charge in [0.2, 0.25) is 0 Å². The number of nitrogens with zero attached hydrogens (tertiary/aromatic N) is 7. The summed E-state index contributed by atoms with van der Waals surface area (Å²) < 4.78 is 43.4. The summed E-state index contributed by atoms with van der Waals surface area (Å²) in [5, 5.41) is 23.1. The fourth-order valence-corrected chi connectivity index (χ4v) is 10.1. The molecule has 1 N–H and O–H groups in total. The van der Waals surface area contributed by atoms with Crippen molar-refractivity contribution in [3.05, 3.63) is 77.3 Å². The number of hydrogen-bond acceptors (Lipinski definition) is 8. The number of benzene rings is 1.